The van der Waals surface area contributed by atoms with Gasteiger partial charge in [0.05, 0.1) is 26.4 Å². The van der Waals surface area contributed by atoms with Crippen LogP contribution in [0.4, 0.5) is 5.69 Å². The van der Waals surface area contributed by atoms with E-state index in [4.69, 9.17) is 20.4 Å². The molecule has 0 aliphatic carbocycles. The van der Waals surface area contributed by atoms with Gasteiger partial charge in [-0.25, -0.2) is 0 Å². The van der Waals surface area contributed by atoms with Gasteiger partial charge in [-0.2, -0.15) is 0 Å². The van der Waals surface area contributed by atoms with Crippen molar-refractivity contribution in [3.8, 4) is 0 Å². The van der Waals surface area contributed by atoms with E-state index in [-0.39, 0.29) is 26.4 Å². The van der Waals surface area contributed by atoms with Crippen LogP contribution in [-0.4, -0.2) is 109 Å². The predicted octanol–water partition coefficient (Wildman–Crippen LogP) is -0.934. The van der Waals surface area contributed by atoms with Crippen LogP contribution in [0.25, 0.3) is 0 Å². The van der Waals surface area contributed by atoms with E-state index in [1.54, 1.807) is 0 Å². The second-order valence-electron chi connectivity index (χ2n) is 5.90. The summed E-state index contributed by atoms with van der Waals surface area (Å²) in [5.74, 6) is 0. The van der Waals surface area contributed by atoms with E-state index in [0.717, 1.165) is 31.9 Å². The molecule has 0 fully saturated rings. The van der Waals surface area contributed by atoms with Crippen molar-refractivity contribution in [2.24, 2.45) is 0 Å². The number of benzene rings is 1. The number of hydrogen-bond acceptors (Lipinski definition) is 7. The highest BCUT2D eigenvalue weighted by atomic mass is 16.3. The summed E-state index contributed by atoms with van der Waals surface area (Å²) < 4.78 is 0. The van der Waals surface area contributed by atoms with Gasteiger partial charge in [0, 0.05) is 58.0 Å². The number of para-hydroxylation sites is 1. The monoisotopic (exact) mass is 355 g/mol. The lowest BCUT2D eigenvalue weighted by Crippen LogP contribution is -2.42. The van der Waals surface area contributed by atoms with E-state index in [1.807, 2.05) is 28.0 Å². The zero-order valence-corrected chi connectivity index (χ0v) is 15.0. The van der Waals surface area contributed by atoms with E-state index < -0.39 is 0 Å². The van der Waals surface area contributed by atoms with Crippen LogP contribution < -0.4 is 4.90 Å². The summed E-state index contributed by atoms with van der Waals surface area (Å²) in [5.41, 5.74) is 1.11. The van der Waals surface area contributed by atoms with Gasteiger partial charge in [0.1, 0.15) is 0 Å². The molecule has 0 saturated carbocycles. The summed E-state index contributed by atoms with van der Waals surface area (Å²) in [6.45, 7) is 5.53. The van der Waals surface area contributed by atoms with Gasteiger partial charge in [0.2, 0.25) is 0 Å². The first-order valence-corrected chi connectivity index (χ1v) is 8.93. The van der Waals surface area contributed by atoms with Crippen molar-refractivity contribution in [3.63, 3.8) is 0 Å². The third kappa shape index (κ3) is 9.15. The van der Waals surface area contributed by atoms with Crippen molar-refractivity contribution < 1.29 is 20.4 Å². The molecule has 7 nitrogen and oxygen atoms in total. The molecule has 1 aromatic rings. The molecule has 0 radical (unpaired) electrons. The second kappa shape index (κ2) is 14.0. The molecule has 1 aromatic carbocycles. The minimum Gasteiger partial charge on any atom is -0.395 e. The molecular formula is C18H33N3O4. The minimum absolute atomic E-state index is 0.0755. The smallest absolute Gasteiger partial charge is 0.0558 e. The van der Waals surface area contributed by atoms with E-state index in [2.05, 4.69) is 17.0 Å². The summed E-state index contributed by atoms with van der Waals surface area (Å²) >= 11 is 0. The maximum atomic E-state index is 9.15. The molecule has 7 heteroatoms. The Morgan fingerprint density at radius 3 is 1.28 bits per heavy atom. The predicted molar refractivity (Wildman–Crippen MR) is 99.9 cm³/mol. The van der Waals surface area contributed by atoms with Crippen LogP contribution in [0.1, 0.15) is 0 Å². The molecular weight excluding hydrogens is 322 g/mol. The molecule has 0 saturated heterocycles. The van der Waals surface area contributed by atoms with Crippen LogP contribution in [0, 0.1) is 0 Å². The SMILES string of the molecule is OCCN(CCO)CCN(CCN(CCO)CCO)c1ccccc1. The van der Waals surface area contributed by atoms with Crippen molar-refractivity contribution in [2.75, 3.05) is 83.7 Å². The maximum Gasteiger partial charge on any atom is 0.0558 e. The van der Waals surface area contributed by atoms with Gasteiger partial charge in [-0.05, 0) is 12.1 Å². The van der Waals surface area contributed by atoms with E-state index in [0.29, 0.717) is 26.2 Å². The van der Waals surface area contributed by atoms with Crippen molar-refractivity contribution in [2.45, 2.75) is 0 Å². The van der Waals surface area contributed by atoms with Crippen molar-refractivity contribution >= 4 is 5.69 Å². The summed E-state index contributed by atoms with van der Waals surface area (Å²) in [6, 6.07) is 10.1. The molecule has 0 unspecified atom stereocenters. The molecule has 25 heavy (non-hydrogen) atoms. The highest BCUT2D eigenvalue weighted by Crippen LogP contribution is 2.13. The average molecular weight is 355 g/mol. The zero-order chi connectivity index (χ0) is 18.3. The van der Waals surface area contributed by atoms with Crippen LogP contribution in [0.15, 0.2) is 30.3 Å². The van der Waals surface area contributed by atoms with Crippen LogP contribution in [0.5, 0.6) is 0 Å². The highest BCUT2D eigenvalue weighted by molar-refractivity contribution is 5.45. The van der Waals surface area contributed by atoms with Gasteiger partial charge in [-0.15, -0.1) is 0 Å². The number of nitrogens with zero attached hydrogens (tertiary/aromatic N) is 3. The van der Waals surface area contributed by atoms with Crippen LogP contribution in [0.3, 0.4) is 0 Å². The highest BCUT2D eigenvalue weighted by Gasteiger charge is 2.12. The molecule has 0 aliphatic heterocycles. The molecule has 0 atom stereocenters. The Morgan fingerprint density at radius 1 is 0.520 bits per heavy atom. The molecule has 0 amide bonds. The van der Waals surface area contributed by atoms with Crippen molar-refractivity contribution in [1.29, 1.82) is 0 Å². The Hall–Kier alpha value is -1.22. The Morgan fingerprint density at radius 2 is 0.920 bits per heavy atom. The zero-order valence-electron chi connectivity index (χ0n) is 15.0. The Kier molecular flexibility index (Phi) is 12.2. The van der Waals surface area contributed by atoms with E-state index >= 15 is 0 Å². The summed E-state index contributed by atoms with van der Waals surface area (Å²) in [6.07, 6.45) is 0. The number of hydrogen-bond donors (Lipinski definition) is 4. The minimum atomic E-state index is 0.0755. The summed E-state index contributed by atoms with van der Waals surface area (Å²) in [4.78, 5) is 6.33. The number of anilines is 1. The van der Waals surface area contributed by atoms with Gasteiger partial charge in [0.15, 0.2) is 0 Å². The van der Waals surface area contributed by atoms with Crippen LogP contribution >= 0.6 is 0 Å². The standard InChI is InChI=1S/C18H33N3O4/c22-14-10-19(11-15-23)6-8-21(18-4-2-1-3-5-18)9-7-20(12-16-24)13-17-25/h1-5,22-25H,6-17H2. The average Bonchev–Trinajstić information content (AvgIpc) is 2.63. The second-order valence-corrected chi connectivity index (χ2v) is 5.90. The lowest BCUT2D eigenvalue weighted by molar-refractivity contribution is 0.158. The van der Waals surface area contributed by atoms with Crippen molar-refractivity contribution in [3.05, 3.63) is 30.3 Å². The van der Waals surface area contributed by atoms with Crippen LogP contribution in [0.2, 0.25) is 0 Å². The first-order valence-electron chi connectivity index (χ1n) is 8.93. The molecule has 0 bridgehead atoms. The Balaban J connectivity index is 2.66. The quantitative estimate of drug-likeness (QED) is 0.323. The van der Waals surface area contributed by atoms with E-state index in [9.17, 15) is 0 Å². The van der Waals surface area contributed by atoms with Crippen LogP contribution in [-0.2, 0) is 0 Å². The van der Waals surface area contributed by atoms with Gasteiger partial charge in [-0.3, -0.25) is 9.80 Å². The summed E-state index contributed by atoms with van der Waals surface area (Å²) in [5, 5.41) is 36.6. The molecule has 0 aromatic heterocycles. The fraction of sp³-hybridized carbons (Fsp3) is 0.667. The molecule has 1 rings (SSSR count). The number of aliphatic hydroxyl groups excluding tert-OH is 4. The fourth-order valence-corrected chi connectivity index (χ4v) is 2.77. The lowest BCUT2D eigenvalue weighted by atomic mass is 10.2. The van der Waals surface area contributed by atoms with Gasteiger partial charge < -0.3 is 25.3 Å². The lowest BCUT2D eigenvalue weighted by Gasteiger charge is -2.31. The fourth-order valence-electron chi connectivity index (χ4n) is 2.77. The summed E-state index contributed by atoms with van der Waals surface area (Å²) in [7, 11) is 0. The van der Waals surface area contributed by atoms with Gasteiger partial charge in [0.25, 0.3) is 0 Å². The van der Waals surface area contributed by atoms with Crippen molar-refractivity contribution in [1.82, 2.24) is 9.80 Å². The molecule has 144 valence electrons. The number of rotatable bonds is 15. The maximum absolute atomic E-state index is 9.15. The largest absolute Gasteiger partial charge is 0.395 e. The molecule has 0 spiro atoms. The molecule has 0 heterocycles. The topological polar surface area (TPSA) is 90.6 Å². The Labute approximate surface area is 150 Å². The Bertz CT molecular complexity index is 390. The third-order valence-corrected chi connectivity index (χ3v) is 4.16. The number of aliphatic hydroxyl groups is 4. The first kappa shape index (κ1) is 21.8. The molecule has 0 aliphatic rings. The van der Waals surface area contributed by atoms with Gasteiger partial charge in [-0.1, -0.05) is 18.2 Å². The normalized spacial score (nSPS) is 11.4. The first-order chi connectivity index (χ1) is 12.2. The molecule has 4 N–H and O–H groups in total. The van der Waals surface area contributed by atoms with E-state index in [1.165, 1.54) is 0 Å². The third-order valence-electron chi connectivity index (χ3n) is 4.16. The van der Waals surface area contributed by atoms with Gasteiger partial charge >= 0.3 is 0 Å².